The van der Waals surface area contributed by atoms with E-state index in [0.29, 0.717) is 12.3 Å². The molecule has 1 aromatic carbocycles. The van der Waals surface area contributed by atoms with Crippen LogP contribution in [0, 0.1) is 0 Å². The van der Waals surface area contributed by atoms with Crippen molar-refractivity contribution in [3.8, 4) is 11.5 Å². The first-order chi connectivity index (χ1) is 8.47. The lowest BCUT2D eigenvalue weighted by Gasteiger charge is -2.14. The number of hydrogen-bond acceptors (Lipinski definition) is 4. The predicted octanol–water partition coefficient (Wildman–Crippen LogP) is 2.39. The van der Waals surface area contributed by atoms with Crippen LogP contribution in [0.4, 0.5) is 5.69 Å². The molecule has 0 atom stereocenters. The Morgan fingerprint density at radius 2 is 1.83 bits per heavy atom. The van der Waals surface area contributed by atoms with E-state index in [9.17, 15) is 0 Å². The minimum Gasteiger partial charge on any atom is -0.493 e. The van der Waals surface area contributed by atoms with Crippen LogP contribution in [0.1, 0.15) is 20.3 Å². The molecule has 4 nitrogen and oxygen atoms in total. The third-order valence-electron chi connectivity index (χ3n) is 2.29. The van der Waals surface area contributed by atoms with Gasteiger partial charge in [0.25, 0.3) is 0 Å². The summed E-state index contributed by atoms with van der Waals surface area (Å²) in [6.45, 7) is 5.67. The second-order valence-corrected chi connectivity index (χ2v) is 4.91. The predicted molar refractivity (Wildman–Crippen MR) is 75.3 cm³/mol. The van der Waals surface area contributed by atoms with Crippen molar-refractivity contribution in [2.24, 2.45) is 0 Å². The Labute approximate surface area is 110 Å². The Balaban J connectivity index is 2.51. The second-order valence-electron chi connectivity index (χ2n) is 4.91. The molecule has 0 aliphatic heterocycles. The Bertz CT molecular complexity index is 365. The Hall–Kier alpha value is -1.42. The van der Waals surface area contributed by atoms with Gasteiger partial charge in [-0.3, -0.25) is 0 Å². The molecule has 0 fully saturated rings. The molecule has 2 N–H and O–H groups in total. The van der Waals surface area contributed by atoms with E-state index in [-0.39, 0.29) is 6.10 Å². The number of rotatable bonds is 7. The molecular formula is C14H24N2O2. The summed E-state index contributed by atoms with van der Waals surface area (Å²) >= 11 is 0. The Kier molecular flexibility index (Phi) is 5.78. The van der Waals surface area contributed by atoms with Crippen molar-refractivity contribution < 1.29 is 9.47 Å². The zero-order chi connectivity index (χ0) is 13.5. The van der Waals surface area contributed by atoms with E-state index in [1.165, 1.54) is 0 Å². The summed E-state index contributed by atoms with van der Waals surface area (Å²) in [5.41, 5.74) is 6.48. The first-order valence-corrected chi connectivity index (χ1v) is 6.32. The molecule has 0 saturated heterocycles. The summed E-state index contributed by atoms with van der Waals surface area (Å²) in [5, 5.41) is 0. The minimum absolute atomic E-state index is 0.133. The number of nitrogens with two attached hydrogens (primary N) is 1. The van der Waals surface area contributed by atoms with Crippen LogP contribution in [0.2, 0.25) is 0 Å². The van der Waals surface area contributed by atoms with Gasteiger partial charge in [0.15, 0.2) is 0 Å². The van der Waals surface area contributed by atoms with Crippen molar-refractivity contribution in [1.82, 2.24) is 4.90 Å². The van der Waals surface area contributed by atoms with E-state index in [1.807, 2.05) is 32.0 Å². The highest BCUT2D eigenvalue weighted by Crippen LogP contribution is 2.25. The fourth-order valence-electron chi connectivity index (χ4n) is 1.59. The molecule has 102 valence electrons. The lowest BCUT2D eigenvalue weighted by atomic mass is 10.3. The van der Waals surface area contributed by atoms with E-state index in [4.69, 9.17) is 15.2 Å². The quantitative estimate of drug-likeness (QED) is 0.598. The zero-order valence-corrected chi connectivity index (χ0v) is 11.8. The summed E-state index contributed by atoms with van der Waals surface area (Å²) in [4.78, 5) is 2.13. The van der Waals surface area contributed by atoms with Gasteiger partial charge in [-0.15, -0.1) is 0 Å². The van der Waals surface area contributed by atoms with E-state index >= 15 is 0 Å². The van der Waals surface area contributed by atoms with E-state index in [1.54, 1.807) is 0 Å². The van der Waals surface area contributed by atoms with Crippen molar-refractivity contribution >= 4 is 5.69 Å². The third kappa shape index (κ3) is 5.77. The highest BCUT2D eigenvalue weighted by Gasteiger charge is 2.03. The molecule has 0 amide bonds. The van der Waals surface area contributed by atoms with Gasteiger partial charge in [0, 0.05) is 30.4 Å². The van der Waals surface area contributed by atoms with Gasteiger partial charge in [0.1, 0.15) is 11.5 Å². The number of nitrogens with zero attached hydrogens (tertiary/aromatic N) is 1. The molecule has 0 aliphatic rings. The van der Waals surface area contributed by atoms with E-state index < -0.39 is 0 Å². The molecule has 4 heteroatoms. The molecule has 0 bridgehead atoms. The van der Waals surface area contributed by atoms with Gasteiger partial charge in [-0.2, -0.15) is 0 Å². The first-order valence-electron chi connectivity index (χ1n) is 6.32. The van der Waals surface area contributed by atoms with Crippen LogP contribution in [0.3, 0.4) is 0 Å². The van der Waals surface area contributed by atoms with Gasteiger partial charge in [-0.1, -0.05) is 0 Å². The minimum atomic E-state index is 0.133. The third-order valence-corrected chi connectivity index (χ3v) is 2.29. The maximum Gasteiger partial charge on any atom is 0.125 e. The van der Waals surface area contributed by atoms with Crippen LogP contribution in [-0.4, -0.2) is 38.3 Å². The van der Waals surface area contributed by atoms with Crippen molar-refractivity contribution in [3.05, 3.63) is 18.2 Å². The van der Waals surface area contributed by atoms with Gasteiger partial charge in [0.05, 0.1) is 12.7 Å². The molecule has 1 aromatic rings. The molecular weight excluding hydrogens is 228 g/mol. The Morgan fingerprint density at radius 3 is 2.44 bits per heavy atom. The van der Waals surface area contributed by atoms with Crippen LogP contribution in [0.25, 0.3) is 0 Å². The molecule has 18 heavy (non-hydrogen) atoms. The number of nitrogen functional groups attached to an aromatic ring is 1. The smallest absolute Gasteiger partial charge is 0.125 e. The molecule has 0 radical (unpaired) electrons. The molecule has 1 rings (SSSR count). The Morgan fingerprint density at radius 1 is 1.17 bits per heavy atom. The largest absolute Gasteiger partial charge is 0.493 e. The summed E-state index contributed by atoms with van der Waals surface area (Å²) in [5.74, 6) is 1.53. The van der Waals surface area contributed by atoms with Crippen LogP contribution in [0.5, 0.6) is 11.5 Å². The molecule has 0 heterocycles. The lowest BCUT2D eigenvalue weighted by Crippen LogP contribution is -2.15. The fraction of sp³-hybridized carbons (Fsp3) is 0.571. The van der Waals surface area contributed by atoms with Crippen molar-refractivity contribution in [2.45, 2.75) is 26.4 Å². The molecule has 0 unspecified atom stereocenters. The molecule has 0 saturated carbocycles. The van der Waals surface area contributed by atoms with Gasteiger partial charge in [0.2, 0.25) is 0 Å². The summed E-state index contributed by atoms with van der Waals surface area (Å²) in [6, 6.07) is 5.52. The summed E-state index contributed by atoms with van der Waals surface area (Å²) < 4.78 is 11.3. The highest BCUT2D eigenvalue weighted by molar-refractivity contribution is 5.50. The summed E-state index contributed by atoms with van der Waals surface area (Å²) in [7, 11) is 4.10. The molecule has 0 spiro atoms. The van der Waals surface area contributed by atoms with Crippen LogP contribution in [-0.2, 0) is 0 Å². The summed E-state index contributed by atoms with van der Waals surface area (Å²) in [6.07, 6.45) is 1.12. The number of anilines is 1. The van der Waals surface area contributed by atoms with Gasteiger partial charge < -0.3 is 20.1 Å². The first kappa shape index (κ1) is 14.6. The topological polar surface area (TPSA) is 47.7 Å². The fourth-order valence-corrected chi connectivity index (χ4v) is 1.59. The van der Waals surface area contributed by atoms with Gasteiger partial charge in [-0.05, 0) is 34.4 Å². The zero-order valence-electron chi connectivity index (χ0n) is 11.8. The van der Waals surface area contributed by atoms with Gasteiger partial charge in [-0.25, -0.2) is 0 Å². The normalized spacial score (nSPS) is 11.0. The maximum atomic E-state index is 5.82. The average Bonchev–Trinajstić information content (AvgIpc) is 2.22. The van der Waals surface area contributed by atoms with E-state index in [0.717, 1.165) is 24.5 Å². The number of ether oxygens (including phenoxy) is 2. The molecule has 0 aromatic heterocycles. The van der Waals surface area contributed by atoms with Crippen LogP contribution >= 0.6 is 0 Å². The lowest BCUT2D eigenvalue weighted by molar-refractivity contribution is 0.239. The second kappa shape index (κ2) is 7.11. The number of benzene rings is 1. The van der Waals surface area contributed by atoms with Crippen molar-refractivity contribution in [3.63, 3.8) is 0 Å². The molecule has 0 aliphatic carbocycles. The SMILES string of the molecule is CC(C)Oc1cc(N)cc(OCCCN(C)C)c1. The number of hydrogen-bond donors (Lipinski definition) is 1. The van der Waals surface area contributed by atoms with Crippen LogP contribution < -0.4 is 15.2 Å². The monoisotopic (exact) mass is 252 g/mol. The van der Waals surface area contributed by atoms with E-state index in [2.05, 4.69) is 19.0 Å². The standard InChI is InChI=1S/C14H24N2O2/c1-11(2)18-14-9-12(15)8-13(10-14)17-7-5-6-16(3)4/h8-11H,5-7,15H2,1-4H3. The highest BCUT2D eigenvalue weighted by atomic mass is 16.5. The van der Waals surface area contributed by atoms with Crippen molar-refractivity contribution in [2.75, 3.05) is 33.0 Å². The maximum absolute atomic E-state index is 5.82. The van der Waals surface area contributed by atoms with Crippen LogP contribution in [0.15, 0.2) is 18.2 Å². The average molecular weight is 252 g/mol. The van der Waals surface area contributed by atoms with Gasteiger partial charge >= 0.3 is 0 Å². The van der Waals surface area contributed by atoms with Crippen molar-refractivity contribution in [1.29, 1.82) is 0 Å².